The van der Waals surface area contributed by atoms with E-state index in [1.165, 1.54) is 24.2 Å². The van der Waals surface area contributed by atoms with Gasteiger partial charge in [0.1, 0.15) is 0 Å². The highest BCUT2D eigenvalue weighted by Crippen LogP contribution is 2.43. The maximum Gasteiger partial charge on any atom is 0.262 e. The second-order valence-electron chi connectivity index (χ2n) is 5.68. The van der Waals surface area contributed by atoms with Crippen molar-refractivity contribution in [3.63, 3.8) is 0 Å². The lowest BCUT2D eigenvalue weighted by Crippen LogP contribution is -2.22. The number of rotatable bonds is 5. The molecular weight excluding hydrogens is 346 g/mol. The quantitative estimate of drug-likeness (QED) is 0.739. The monoisotopic (exact) mass is 359 g/mol. The van der Waals surface area contributed by atoms with Crippen molar-refractivity contribution in [1.29, 1.82) is 0 Å². The van der Waals surface area contributed by atoms with Gasteiger partial charge < -0.3 is 9.84 Å². The van der Waals surface area contributed by atoms with Crippen LogP contribution in [-0.2, 0) is 6.54 Å². The second-order valence-corrected chi connectivity index (χ2v) is 7.04. The maximum absolute atomic E-state index is 12.3. The molecule has 2 heterocycles. The van der Waals surface area contributed by atoms with Gasteiger partial charge in [-0.15, -0.1) is 11.3 Å². The highest BCUT2D eigenvalue weighted by molar-refractivity contribution is 7.12. The van der Waals surface area contributed by atoms with E-state index in [2.05, 4.69) is 15.5 Å². The SMILES string of the molecule is O=C(NCc1nc(-c2cccc(Cl)c2)no1)c1sccc1C1CC1. The van der Waals surface area contributed by atoms with Crippen LogP contribution in [0.5, 0.6) is 0 Å². The largest absolute Gasteiger partial charge is 0.342 e. The summed E-state index contributed by atoms with van der Waals surface area (Å²) in [5, 5.41) is 9.35. The summed E-state index contributed by atoms with van der Waals surface area (Å²) in [7, 11) is 0. The van der Waals surface area contributed by atoms with Crippen LogP contribution < -0.4 is 5.32 Å². The predicted octanol–water partition coefficient (Wildman–Crippen LogP) is 4.26. The zero-order valence-electron chi connectivity index (χ0n) is 12.7. The molecule has 1 fully saturated rings. The molecular formula is C17H14ClN3O2S. The average molecular weight is 360 g/mol. The Morgan fingerprint density at radius 3 is 3.04 bits per heavy atom. The summed E-state index contributed by atoms with van der Waals surface area (Å²) in [5.74, 6) is 1.28. The molecule has 1 aliphatic carbocycles. The number of benzene rings is 1. The van der Waals surface area contributed by atoms with Crippen molar-refractivity contribution >= 4 is 28.8 Å². The fraction of sp³-hybridized carbons (Fsp3) is 0.235. The molecule has 3 aromatic rings. The van der Waals surface area contributed by atoms with E-state index in [1.54, 1.807) is 12.1 Å². The summed E-state index contributed by atoms with van der Waals surface area (Å²) in [5.41, 5.74) is 1.93. The molecule has 0 radical (unpaired) electrons. The summed E-state index contributed by atoms with van der Waals surface area (Å²) in [6.07, 6.45) is 2.34. The normalized spacial score (nSPS) is 13.9. The Bertz CT molecular complexity index is 885. The van der Waals surface area contributed by atoms with Crippen LogP contribution in [0.4, 0.5) is 0 Å². The molecule has 24 heavy (non-hydrogen) atoms. The molecule has 0 atom stereocenters. The van der Waals surface area contributed by atoms with Crippen LogP contribution >= 0.6 is 22.9 Å². The van der Waals surface area contributed by atoms with Crippen LogP contribution in [0.15, 0.2) is 40.2 Å². The Balaban J connectivity index is 1.43. The first-order chi connectivity index (χ1) is 11.7. The van der Waals surface area contributed by atoms with Crippen LogP contribution in [-0.4, -0.2) is 16.0 Å². The van der Waals surface area contributed by atoms with Crippen LogP contribution in [0, 0.1) is 0 Å². The van der Waals surface area contributed by atoms with Crippen molar-refractivity contribution < 1.29 is 9.32 Å². The number of nitrogens with zero attached hydrogens (tertiary/aromatic N) is 2. The average Bonchev–Trinajstić information content (AvgIpc) is 3.12. The van der Waals surface area contributed by atoms with Crippen molar-refractivity contribution in [1.82, 2.24) is 15.5 Å². The van der Waals surface area contributed by atoms with Gasteiger partial charge >= 0.3 is 0 Å². The van der Waals surface area contributed by atoms with Gasteiger partial charge in [-0.3, -0.25) is 4.79 Å². The number of aromatic nitrogens is 2. The van der Waals surface area contributed by atoms with Gasteiger partial charge in [0.2, 0.25) is 11.7 Å². The molecule has 122 valence electrons. The third kappa shape index (κ3) is 3.20. The number of carbonyl (C=O) groups is 1. The molecule has 2 aromatic heterocycles. The van der Waals surface area contributed by atoms with E-state index in [1.807, 2.05) is 23.6 Å². The maximum atomic E-state index is 12.3. The number of hydrogen-bond donors (Lipinski definition) is 1. The lowest BCUT2D eigenvalue weighted by molar-refractivity contribution is 0.0949. The van der Waals surface area contributed by atoms with Crippen LogP contribution in [0.1, 0.15) is 39.9 Å². The van der Waals surface area contributed by atoms with E-state index in [0.717, 1.165) is 16.0 Å². The van der Waals surface area contributed by atoms with Crippen molar-refractivity contribution in [3.05, 3.63) is 57.1 Å². The zero-order chi connectivity index (χ0) is 16.5. The van der Waals surface area contributed by atoms with Gasteiger partial charge in [-0.1, -0.05) is 28.9 Å². The molecule has 1 aliphatic rings. The minimum absolute atomic E-state index is 0.0885. The lowest BCUT2D eigenvalue weighted by atomic mass is 10.1. The first-order valence-corrected chi connectivity index (χ1v) is 8.90. The topological polar surface area (TPSA) is 68.0 Å². The summed E-state index contributed by atoms with van der Waals surface area (Å²) in [4.78, 5) is 17.4. The molecule has 5 nitrogen and oxygen atoms in total. The molecule has 7 heteroatoms. The Hall–Kier alpha value is -2.18. The number of halogens is 1. The van der Waals surface area contributed by atoms with Gasteiger partial charge in [-0.05, 0) is 47.9 Å². The van der Waals surface area contributed by atoms with Crippen molar-refractivity contribution in [2.45, 2.75) is 25.3 Å². The predicted molar refractivity (Wildman–Crippen MR) is 92.2 cm³/mol. The van der Waals surface area contributed by atoms with Gasteiger partial charge in [0.05, 0.1) is 11.4 Å². The number of thiophene rings is 1. The second kappa shape index (κ2) is 6.37. The molecule has 1 saturated carbocycles. The smallest absolute Gasteiger partial charge is 0.262 e. The number of amides is 1. The van der Waals surface area contributed by atoms with Crippen LogP contribution in [0.3, 0.4) is 0 Å². The summed E-state index contributed by atoms with van der Waals surface area (Å²) in [6.45, 7) is 0.203. The van der Waals surface area contributed by atoms with Crippen LogP contribution in [0.2, 0.25) is 5.02 Å². The zero-order valence-corrected chi connectivity index (χ0v) is 14.2. The Morgan fingerprint density at radius 1 is 1.38 bits per heavy atom. The van der Waals surface area contributed by atoms with Gasteiger partial charge in [0.15, 0.2) is 0 Å². The van der Waals surface area contributed by atoms with E-state index in [9.17, 15) is 4.79 Å². The van der Waals surface area contributed by atoms with E-state index < -0.39 is 0 Å². The highest BCUT2D eigenvalue weighted by Gasteiger charge is 2.28. The first kappa shape index (κ1) is 15.4. The summed E-state index contributed by atoms with van der Waals surface area (Å²) in [6, 6.07) is 9.27. The molecule has 1 amide bonds. The number of nitrogens with one attached hydrogen (secondary N) is 1. The molecule has 0 aliphatic heterocycles. The Labute approximate surface area is 147 Å². The van der Waals surface area contributed by atoms with E-state index in [4.69, 9.17) is 16.1 Å². The van der Waals surface area contributed by atoms with Gasteiger partial charge in [0, 0.05) is 10.6 Å². The van der Waals surface area contributed by atoms with Crippen molar-refractivity contribution in [2.24, 2.45) is 0 Å². The van der Waals surface area contributed by atoms with Gasteiger partial charge in [0.25, 0.3) is 5.91 Å². The molecule has 0 unspecified atom stereocenters. The standard InChI is InChI=1S/C17H14ClN3O2S/c18-12-3-1-2-11(8-12)16-20-14(23-21-16)9-19-17(22)15-13(6-7-24-15)10-4-5-10/h1-3,6-8,10H,4-5,9H2,(H,19,22). The summed E-state index contributed by atoms with van der Waals surface area (Å²) >= 11 is 7.44. The molecule has 0 bridgehead atoms. The van der Waals surface area contributed by atoms with Crippen molar-refractivity contribution in [3.8, 4) is 11.4 Å². The first-order valence-electron chi connectivity index (χ1n) is 7.65. The fourth-order valence-electron chi connectivity index (χ4n) is 2.53. The molecule has 0 saturated heterocycles. The van der Waals surface area contributed by atoms with Crippen molar-refractivity contribution in [2.75, 3.05) is 0 Å². The lowest BCUT2D eigenvalue weighted by Gasteiger charge is -2.02. The van der Waals surface area contributed by atoms with Crippen LogP contribution in [0.25, 0.3) is 11.4 Å². The minimum atomic E-state index is -0.0885. The molecule has 1 aromatic carbocycles. The third-order valence-corrected chi connectivity index (χ3v) is 5.03. The Morgan fingerprint density at radius 2 is 2.25 bits per heavy atom. The summed E-state index contributed by atoms with van der Waals surface area (Å²) < 4.78 is 5.20. The van der Waals surface area contributed by atoms with E-state index in [-0.39, 0.29) is 12.5 Å². The molecule has 1 N–H and O–H groups in total. The minimum Gasteiger partial charge on any atom is -0.342 e. The third-order valence-electron chi connectivity index (χ3n) is 3.87. The highest BCUT2D eigenvalue weighted by atomic mass is 35.5. The van der Waals surface area contributed by atoms with Gasteiger partial charge in [-0.25, -0.2) is 0 Å². The fourth-order valence-corrected chi connectivity index (χ4v) is 3.62. The molecule has 4 rings (SSSR count). The molecule has 0 spiro atoms. The number of hydrogen-bond acceptors (Lipinski definition) is 5. The number of carbonyl (C=O) groups excluding carboxylic acids is 1. The van der Waals surface area contributed by atoms with E-state index >= 15 is 0 Å². The Kier molecular flexibility index (Phi) is 4.08. The van der Waals surface area contributed by atoms with E-state index in [0.29, 0.717) is 22.7 Å². The van der Waals surface area contributed by atoms with Gasteiger partial charge in [-0.2, -0.15) is 4.98 Å².